The normalized spacial score (nSPS) is 12.5. The molecule has 0 aliphatic heterocycles. The summed E-state index contributed by atoms with van der Waals surface area (Å²) in [7, 11) is 0. The van der Waals surface area contributed by atoms with Gasteiger partial charge in [-0.1, -0.05) is 126 Å². The van der Waals surface area contributed by atoms with Gasteiger partial charge in [0, 0.05) is 36.1 Å². The number of aliphatic hydroxyl groups excluding tert-OH is 2. The average Bonchev–Trinajstić information content (AvgIpc) is 3.11. The van der Waals surface area contributed by atoms with Gasteiger partial charge < -0.3 is 10.2 Å². The molecular formula is C45H43BrO2. The van der Waals surface area contributed by atoms with Crippen molar-refractivity contribution in [3.63, 3.8) is 0 Å². The Labute approximate surface area is 293 Å². The van der Waals surface area contributed by atoms with Gasteiger partial charge in [-0.15, -0.1) is 12.3 Å². The lowest BCUT2D eigenvalue weighted by Crippen LogP contribution is -2.05. The van der Waals surface area contributed by atoms with Gasteiger partial charge >= 0.3 is 0 Å². The second kappa shape index (κ2) is 16.6. The molecule has 2 N–H and O–H groups in total. The van der Waals surface area contributed by atoms with Crippen LogP contribution in [0.4, 0.5) is 0 Å². The Balaban J connectivity index is 0.000000159. The summed E-state index contributed by atoms with van der Waals surface area (Å²) in [5.74, 6) is 9.14. The Hall–Kier alpha value is -4.38. The third kappa shape index (κ3) is 7.36. The number of rotatable bonds is 6. The van der Waals surface area contributed by atoms with Crippen molar-refractivity contribution in [1.82, 2.24) is 0 Å². The Morgan fingerprint density at radius 3 is 2.00 bits per heavy atom. The molecule has 0 atom stereocenters. The van der Waals surface area contributed by atoms with Crippen molar-refractivity contribution < 1.29 is 10.2 Å². The van der Waals surface area contributed by atoms with Gasteiger partial charge in [0.05, 0.1) is 0 Å². The molecule has 242 valence electrons. The van der Waals surface area contributed by atoms with E-state index in [1.54, 1.807) is 0 Å². The van der Waals surface area contributed by atoms with Crippen LogP contribution >= 0.6 is 15.9 Å². The fourth-order valence-corrected chi connectivity index (χ4v) is 7.13. The van der Waals surface area contributed by atoms with Gasteiger partial charge in [-0.3, -0.25) is 0 Å². The first-order chi connectivity index (χ1) is 23.1. The van der Waals surface area contributed by atoms with Crippen molar-refractivity contribution in [1.29, 1.82) is 0 Å². The van der Waals surface area contributed by atoms with E-state index >= 15 is 0 Å². The summed E-state index contributed by atoms with van der Waals surface area (Å²) < 4.78 is 1.17. The number of hydrogen-bond donors (Lipinski definition) is 2. The van der Waals surface area contributed by atoms with Crippen molar-refractivity contribution in [3.8, 4) is 24.2 Å². The van der Waals surface area contributed by atoms with Crippen LogP contribution in [0.5, 0.6) is 0 Å². The maximum Gasteiger partial charge on any atom is 0.0431 e. The van der Waals surface area contributed by atoms with Gasteiger partial charge in [-0.25, -0.2) is 0 Å². The van der Waals surface area contributed by atoms with Crippen molar-refractivity contribution >= 4 is 70.2 Å². The van der Waals surface area contributed by atoms with Crippen LogP contribution in [0.25, 0.3) is 54.2 Å². The number of terminal acetylenes is 1. The molecule has 0 amide bonds. The molecule has 0 unspecified atom stereocenters. The van der Waals surface area contributed by atoms with Crippen molar-refractivity contribution in [2.24, 2.45) is 0 Å². The second-order valence-corrected chi connectivity index (χ2v) is 12.9. The van der Waals surface area contributed by atoms with Gasteiger partial charge in [-0.05, 0) is 110 Å². The van der Waals surface area contributed by atoms with Crippen LogP contribution in [0.15, 0.2) is 102 Å². The quantitative estimate of drug-likeness (QED) is 0.103. The number of benzene rings is 6. The molecule has 0 fully saturated rings. The molecule has 0 saturated heterocycles. The molecule has 0 bridgehead atoms. The van der Waals surface area contributed by atoms with Crippen LogP contribution in [0.2, 0.25) is 0 Å². The van der Waals surface area contributed by atoms with Crippen LogP contribution in [0.1, 0.15) is 69.1 Å². The summed E-state index contributed by atoms with van der Waals surface area (Å²) >= 11 is 3.64. The first-order valence-corrected chi connectivity index (χ1v) is 17.3. The first-order valence-electron chi connectivity index (χ1n) is 16.5. The fourth-order valence-electron chi connectivity index (χ4n) is 6.67. The topological polar surface area (TPSA) is 40.5 Å². The zero-order valence-electron chi connectivity index (χ0n) is 26.7. The monoisotopic (exact) mass is 694 g/mol. The molecular weight excluding hydrogens is 652 g/mol. The molecule has 8 rings (SSSR count). The number of aliphatic hydroxyl groups is 2. The number of halogens is 1. The van der Waals surface area contributed by atoms with Crippen LogP contribution in [0.3, 0.4) is 0 Å². The first kappa shape index (κ1) is 34.9. The molecule has 48 heavy (non-hydrogen) atoms. The summed E-state index contributed by atoms with van der Waals surface area (Å²) in [6.45, 7) is 0.526. The van der Waals surface area contributed by atoms with Crippen LogP contribution < -0.4 is 0 Å². The fraction of sp³-hybridized carbons (Fsp3) is 0.244. The van der Waals surface area contributed by atoms with Crippen LogP contribution in [0, 0.1) is 24.2 Å². The summed E-state index contributed by atoms with van der Waals surface area (Å²) in [4.78, 5) is 0. The standard InChI is InChI=1S/C22H20O.C16H9Br.C6H10O.CH4/c23-15-4-2-1-3-6-16-9-10-19-12-11-17-7-5-8-18-13-14-20(16)22(19)21(17)18;17-14-9-7-12-5-4-10-2-1-3-11-6-8-13(14)16(12)15(10)11;1-2-3-4-5-6-7;/h5,7-9,12-14,23H,1-2,4,10-11,15H2;1-9H;1,7H,3-6H2;1H4. The Morgan fingerprint density at radius 1 is 0.646 bits per heavy atom. The molecule has 0 aromatic heterocycles. The van der Waals surface area contributed by atoms with E-state index < -0.39 is 0 Å². The Kier molecular flexibility index (Phi) is 12.1. The summed E-state index contributed by atoms with van der Waals surface area (Å²) in [6.07, 6.45) is 16.9. The molecule has 2 aliphatic rings. The van der Waals surface area contributed by atoms with Crippen molar-refractivity contribution in [3.05, 3.63) is 118 Å². The Morgan fingerprint density at radius 2 is 1.27 bits per heavy atom. The minimum atomic E-state index is 0. The van der Waals surface area contributed by atoms with Gasteiger partial charge in [0.15, 0.2) is 0 Å². The average molecular weight is 696 g/mol. The highest BCUT2D eigenvalue weighted by molar-refractivity contribution is 9.10. The van der Waals surface area contributed by atoms with E-state index in [2.05, 4.69) is 131 Å². The SMILES string of the molecule is Brc1ccc2ccc3cccc4ccc1c2c34.C.C#CCCCCO.OCCCCC#CC1=CCC2=CCc3cccc4ccc1c2c34. The maximum absolute atomic E-state index is 8.84. The second-order valence-electron chi connectivity index (χ2n) is 12.0. The maximum atomic E-state index is 8.84. The van der Waals surface area contributed by atoms with E-state index in [1.807, 2.05) is 0 Å². The van der Waals surface area contributed by atoms with E-state index in [0.717, 1.165) is 51.4 Å². The zero-order chi connectivity index (χ0) is 32.6. The highest BCUT2D eigenvalue weighted by Gasteiger charge is 2.22. The minimum absolute atomic E-state index is 0. The van der Waals surface area contributed by atoms with Crippen LogP contribution in [-0.2, 0) is 6.42 Å². The summed E-state index contributed by atoms with van der Waals surface area (Å²) in [5, 5.41) is 27.8. The van der Waals surface area contributed by atoms with Crippen LogP contribution in [-0.4, -0.2) is 23.4 Å². The lowest BCUT2D eigenvalue weighted by atomic mass is 9.79. The summed E-state index contributed by atoms with van der Waals surface area (Å²) in [5.41, 5.74) is 6.75. The largest absolute Gasteiger partial charge is 0.396 e. The molecule has 2 aliphatic carbocycles. The third-order valence-corrected chi connectivity index (χ3v) is 9.67. The van der Waals surface area contributed by atoms with E-state index in [0.29, 0.717) is 0 Å². The number of unbranched alkanes of at least 4 members (excludes halogenated alkanes) is 4. The molecule has 0 heterocycles. The summed E-state index contributed by atoms with van der Waals surface area (Å²) in [6, 6.07) is 30.7. The molecule has 0 radical (unpaired) electrons. The number of hydrogen-bond acceptors (Lipinski definition) is 2. The van der Waals surface area contributed by atoms with E-state index in [1.165, 1.54) is 75.4 Å². The molecule has 0 spiro atoms. The molecule has 3 heteroatoms. The van der Waals surface area contributed by atoms with E-state index in [-0.39, 0.29) is 20.6 Å². The smallest absolute Gasteiger partial charge is 0.0431 e. The highest BCUT2D eigenvalue weighted by Crippen LogP contribution is 2.42. The van der Waals surface area contributed by atoms with E-state index in [4.69, 9.17) is 16.6 Å². The predicted octanol–water partition coefficient (Wildman–Crippen LogP) is 11.5. The lowest BCUT2D eigenvalue weighted by molar-refractivity contribution is 0.285. The molecule has 2 nitrogen and oxygen atoms in total. The number of allylic oxidation sites excluding steroid dienone is 4. The molecule has 6 aromatic carbocycles. The van der Waals surface area contributed by atoms with Gasteiger partial charge in [0.2, 0.25) is 0 Å². The van der Waals surface area contributed by atoms with Gasteiger partial charge in [-0.2, -0.15) is 0 Å². The lowest BCUT2D eigenvalue weighted by Gasteiger charge is -2.24. The minimum Gasteiger partial charge on any atom is -0.396 e. The third-order valence-electron chi connectivity index (χ3n) is 8.98. The zero-order valence-corrected chi connectivity index (χ0v) is 28.2. The van der Waals surface area contributed by atoms with Gasteiger partial charge in [0.25, 0.3) is 0 Å². The molecule has 6 aromatic rings. The predicted molar refractivity (Wildman–Crippen MR) is 211 cm³/mol. The van der Waals surface area contributed by atoms with E-state index in [9.17, 15) is 0 Å². The molecule has 0 saturated carbocycles. The van der Waals surface area contributed by atoms with Gasteiger partial charge in [0.1, 0.15) is 0 Å². The van der Waals surface area contributed by atoms with Crippen molar-refractivity contribution in [2.75, 3.05) is 13.2 Å². The highest BCUT2D eigenvalue weighted by atomic mass is 79.9. The van der Waals surface area contributed by atoms with Crippen molar-refractivity contribution in [2.45, 2.75) is 58.8 Å². The Bertz CT molecular complexity index is 2190.